The summed E-state index contributed by atoms with van der Waals surface area (Å²) in [5, 5.41) is 0. The van der Waals surface area contributed by atoms with E-state index in [-0.39, 0.29) is 0 Å². The van der Waals surface area contributed by atoms with Crippen LogP contribution in [0.1, 0.15) is 32.3 Å². The molecule has 0 radical (unpaired) electrons. The molecule has 1 N–H and O–H groups in total. The molecular formula is C13H18N4. The first kappa shape index (κ1) is 13.1. The van der Waals surface area contributed by atoms with Gasteiger partial charge in [-0.3, -0.25) is 0 Å². The van der Waals surface area contributed by atoms with Gasteiger partial charge in [-0.15, -0.1) is 0 Å². The molecule has 0 aliphatic heterocycles. The molecule has 0 saturated heterocycles. The summed E-state index contributed by atoms with van der Waals surface area (Å²) in [7, 11) is 0. The standard InChI is InChI=1S/C11H12N4.C2H6/c1-4-8(5-2)10-14-9-7(3)12-6-13-11(9)15-10;1-2/h4-6H,1H2,2-3H3,(H,12,13,14,15);1-2H3/b8-5+;. The van der Waals surface area contributed by atoms with Gasteiger partial charge in [0.05, 0.1) is 5.69 Å². The van der Waals surface area contributed by atoms with Gasteiger partial charge in [-0.25, -0.2) is 15.0 Å². The van der Waals surface area contributed by atoms with E-state index in [9.17, 15) is 0 Å². The van der Waals surface area contributed by atoms with Gasteiger partial charge >= 0.3 is 0 Å². The van der Waals surface area contributed by atoms with E-state index in [1.54, 1.807) is 6.08 Å². The van der Waals surface area contributed by atoms with Crippen molar-refractivity contribution < 1.29 is 0 Å². The van der Waals surface area contributed by atoms with Gasteiger partial charge in [0, 0.05) is 5.57 Å². The Morgan fingerprint density at radius 1 is 1.35 bits per heavy atom. The molecule has 4 heteroatoms. The fraction of sp³-hybridized carbons (Fsp3) is 0.308. The van der Waals surface area contributed by atoms with Crippen LogP contribution >= 0.6 is 0 Å². The molecule has 2 rings (SSSR count). The molecule has 90 valence electrons. The van der Waals surface area contributed by atoms with Crippen LogP contribution in [0.25, 0.3) is 16.7 Å². The van der Waals surface area contributed by atoms with Gasteiger partial charge in [0.25, 0.3) is 0 Å². The summed E-state index contributed by atoms with van der Waals surface area (Å²) in [6.07, 6.45) is 5.24. The van der Waals surface area contributed by atoms with Gasteiger partial charge < -0.3 is 4.98 Å². The Labute approximate surface area is 102 Å². The van der Waals surface area contributed by atoms with Crippen LogP contribution in [-0.4, -0.2) is 19.9 Å². The van der Waals surface area contributed by atoms with Crippen LogP contribution in [0.15, 0.2) is 25.1 Å². The highest BCUT2D eigenvalue weighted by molar-refractivity contribution is 5.79. The van der Waals surface area contributed by atoms with Gasteiger partial charge in [0.1, 0.15) is 17.7 Å². The number of H-pyrrole nitrogens is 1. The predicted molar refractivity (Wildman–Crippen MR) is 71.6 cm³/mol. The Morgan fingerprint density at radius 2 is 2.06 bits per heavy atom. The Bertz CT molecular complexity index is 537. The van der Waals surface area contributed by atoms with Crippen LogP contribution in [0.4, 0.5) is 0 Å². The summed E-state index contributed by atoms with van der Waals surface area (Å²) in [6, 6.07) is 0. The van der Waals surface area contributed by atoms with Crippen LogP contribution in [0, 0.1) is 6.92 Å². The number of fused-ring (bicyclic) bond motifs is 1. The van der Waals surface area contributed by atoms with Crippen molar-refractivity contribution in [3.63, 3.8) is 0 Å². The summed E-state index contributed by atoms with van der Waals surface area (Å²) < 4.78 is 0. The van der Waals surface area contributed by atoms with Gasteiger partial charge in [-0.05, 0) is 13.8 Å². The quantitative estimate of drug-likeness (QED) is 0.805. The third kappa shape index (κ3) is 2.58. The molecule has 0 saturated carbocycles. The van der Waals surface area contributed by atoms with Gasteiger partial charge in [-0.2, -0.15) is 0 Å². The molecule has 0 aliphatic carbocycles. The number of hydrogen-bond acceptors (Lipinski definition) is 3. The maximum Gasteiger partial charge on any atom is 0.181 e. The minimum absolute atomic E-state index is 0.693. The van der Waals surface area contributed by atoms with Crippen LogP contribution in [-0.2, 0) is 0 Å². The molecule has 0 unspecified atom stereocenters. The SMILES string of the molecule is C=C/C(=C\C)c1nc2ncnc(C)c2[nH]1.CC. The highest BCUT2D eigenvalue weighted by Gasteiger charge is 2.07. The first-order chi connectivity index (χ1) is 8.26. The van der Waals surface area contributed by atoms with E-state index in [2.05, 4.69) is 26.5 Å². The number of aryl methyl sites for hydroxylation is 1. The number of rotatable bonds is 2. The number of hydrogen-bond donors (Lipinski definition) is 1. The van der Waals surface area contributed by atoms with E-state index in [0.29, 0.717) is 5.65 Å². The van der Waals surface area contributed by atoms with Gasteiger partial charge in [-0.1, -0.05) is 32.6 Å². The molecule has 0 aliphatic rings. The van der Waals surface area contributed by atoms with Gasteiger partial charge in [0.2, 0.25) is 0 Å². The Morgan fingerprint density at radius 3 is 2.59 bits per heavy atom. The van der Waals surface area contributed by atoms with Crippen molar-refractivity contribution in [2.24, 2.45) is 0 Å². The minimum Gasteiger partial charge on any atom is -0.335 e. The highest BCUT2D eigenvalue weighted by Crippen LogP contribution is 2.17. The first-order valence-corrected chi connectivity index (χ1v) is 5.72. The second-order valence-corrected chi connectivity index (χ2v) is 3.19. The zero-order chi connectivity index (χ0) is 12.8. The highest BCUT2D eigenvalue weighted by atomic mass is 15.0. The third-order valence-electron chi connectivity index (χ3n) is 2.28. The van der Waals surface area contributed by atoms with E-state index in [0.717, 1.165) is 22.6 Å². The molecule has 0 aromatic carbocycles. The van der Waals surface area contributed by atoms with Crippen molar-refractivity contribution in [1.29, 1.82) is 0 Å². The van der Waals surface area contributed by atoms with Gasteiger partial charge in [0.15, 0.2) is 5.65 Å². The topological polar surface area (TPSA) is 54.5 Å². The zero-order valence-electron chi connectivity index (χ0n) is 10.8. The molecule has 0 spiro atoms. The summed E-state index contributed by atoms with van der Waals surface area (Å²) in [4.78, 5) is 15.8. The molecule has 0 fully saturated rings. The summed E-state index contributed by atoms with van der Waals surface area (Å²) in [5.41, 5.74) is 3.44. The van der Waals surface area contributed by atoms with E-state index >= 15 is 0 Å². The molecule has 0 bridgehead atoms. The monoisotopic (exact) mass is 230 g/mol. The zero-order valence-corrected chi connectivity index (χ0v) is 10.8. The molecule has 2 aromatic heterocycles. The number of nitrogens with zero attached hydrogens (tertiary/aromatic N) is 3. The Hall–Kier alpha value is -1.97. The average molecular weight is 230 g/mol. The van der Waals surface area contributed by atoms with E-state index in [4.69, 9.17) is 0 Å². The number of allylic oxidation sites excluding steroid dienone is 3. The molecule has 2 heterocycles. The van der Waals surface area contributed by atoms with Crippen LogP contribution in [0.3, 0.4) is 0 Å². The minimum atomic E-state index is 0.693. The largest absolute Gasteiger partial charge is 0.335 e. The van der Waals surface area contributed by atoms with E-state index < -0.39 is 0 Å². The van der Waals surface area contributed by atoms with Crippen LogP contribution < -0.4 is 0 Å². The maximum atomic E-state index is 4.37. The smallest absolute Gasteiger partial charge is 0.181 e. The van der Waals surface area contributed by atoms with E-state index in [1.165, 1.54) is 6.33 Å². The molecule has 0 amide bonds. The second kappa shape index (κ2) is 5.94. The van der Waals surface area contributed by atoms with Crippen molar-refractivity contribution >= 4 is 16.7 Å². The second-order valence-electron chi connectivity index (χ2n) is 3.19. The number of aromatic amines is 1. The fourth-order valence-corrected chi connectivity index (χ4v) is 1.43. The van der Waals surface area contributed by atoms with E-state index in [1.807, 2.05) is 33.8 Å². The van der Waals surface area contributed by atoms with Crippen molar-refractivity contribution in [3.05, 3.63) is 36.6 Å². The number of imidazole rings is 1. The Kier molecular flexibility index (Phi) is 4.57. The van der Waals surface area contributed by atoms with Crippen LogP contribution in [0.2, 0.25) is 0 Å². The fourth-order valence-electron chi connectivity index (χ4n) is 1.43. The predicted octanol–water partition coefficient (Wildman–Crippen LogP) is 3.28. The molecule has 2 aromatic rings. The maximum absolute atomic E-state index is 4.37. The summed E-state index contributed by atoms with van der Waals surface area (Å²) in [6.45, 7) is 11.6. The molecule has 4 nitrogen and oxygen atoms in total. The summed E-state index contributed by atoms with van der Waals surface area (Å²) in [5.74, 6) is 0.783. The molecule has 0 atom stereocenters. The first-order valence-electron chi connectivity index (χ1n) is 5.72. The molecule has 17 heavy (non-hydrogen) atoms. The van der Waals surface area contributed by atoms with Crippen molar-refractivity contribution in [2.75, 3.05) is 0 Å². The van der Waals surface area contributed by atoms with Crippen LogP contribution in [0.5, 0.6) is 0 Å². The lowest BCUT2D eigenvalue weighted by molar-refractivity contribution is 1.14. The Balaban J connectivity index is 0.000000686. The van der Waals surface area contributed by atoms with Crippen molar-refractivity contribution in [1.82, 2.24) is 19.9 Å². The van der Waals surface area contributed by atoms with Crippen molar-refractivity contribution in [3.8, 4) is 0 Å². The third-order valence-corrected chi connectivity index (χ3v) is 2.28. The lowest BCUT2D eigenvalue weighted by atomic mass is 10.2. The molecular weight excluding hydrogens is 212 g/mol. The van der Waals surface area contributed by atoms with Crippen molar-refractivity contribution in [2.45, 2.75) is 27.7 Å². The normalized spacial score (nSPS) is 10.9. The lowest BCUT2D eigenvalue weighted by Gasteiger charge is -1.93. The summed E-state index contributed by atoms with van der Waals surface area (Å²) >= 11 is 0. The average Bonchev–Trinajstić information content (AvgIpc) is 2.79. The number of nitrogens with one attached hydrogen (secondary N) is 1. The number of aromatic nitrogens is 4. The lowest BCUT2D eigenvalue weighted by Crippen LogP contribution is -1.84.